The molecule has 0 saturated heterocycles. The number of anilines is 1. The van der Waals surface area contributed by atoms with Crippen LogP contribution in [0.1, 0.15) is 30.5 Å². The minimum Gasteiger partial charge on any atom is -0.391 e. The Morgan fingerprint density at radius 2 is 2.00 bits per heavy atom. The fourth-order valence-corrected chi connectivity index (χ4v) is 4.81. The molecule has 11 heteroatoms. The van der Waals surface area contributed by atoms with Crippen molar-refractivity contribution in [2.24, 2.45) is 0 Å². The molecule has 1 fully saturated rings. The number of aromatic nitrogens is 2. The first kappa shape index (κ1) is 20.5. The molecule has 1 heterocycles. The second-order valence-corrected chi connectivity index (χ2v) is 8.34. The normalized spacial score (nSPS) is 20.5. The van der Waals surface area contributed by atoms with Gasteiger partial charge in [-0.25, -0.2) is 23.1 Å². The van der Waals surface area contributed by atoms with Crippen molar-refractivity contribution in [3.63, 3.8) is 0 Å². The van der Waals surface area contributed by atoms with Crippen LogP contribution in [-0.4, -0.2) is 35.6 Å². The lowest BCUT2D eigenvalue weighted by Gasteiger charge is -2.20. The van der Waals surface area contributed by atoms with Crippen molar-refractivity contribution in [2.75, 3.05) is 5.73 Å². The summed E-state index contributed by atoms with van der Waals surface area (Å²) in [6.45, 7) is 1.59. The van der Waals surface area contributed by atoms with Crippen LogP contribution in [0.5, 0.6) is 0 Å². The molecule has 0 bridgehead atoms. The van der Waals surface area contributed by atoms with Crippen LogP contribution in [0.15, 0.2) is 29.3 Å². The van der Waals surface area contributed by atoms with Crippen LogP contribution in [0.3, 0.4) is 0 Å². The van der Waals surface area contributed by atoms with Gasteiger partial charge in [0.15, 0.2) is 0 Å². The molecule has 0 amide bonds. The molecule has 4 N–H and O–H groups in total. The minimum atomic E-state index is -4.87. The first-order valence-electron chi connectivity index (χ1n) is 8.50. The average molecular weight is 416 g/mol. The summed E-state index contributed by atoms with van der Waals surface area (Å²) in [5.74, 6) is -0.00195. The zero-order valence-corrected chi connectivity index (χ0v) is 15.7. The Bertz CT molecular complexity index is 996. The van der Waals surface area contributed by atoms with Crippen molar-refractivity contribution in [2.45, 2.75) is 49.4 Å². The molecule has 1 aliphatic carbocycles. The van der Waals surface area contributed by atoms with Crippen LogP contribution in [-0.2, 0) is 16.2 Å². The van der Waals surface area contributed by atoms with Gasteiger partial charge in [0.2, 0.25) is 16.0 Å². The van der Waals surface area contributed by atoms with Gasteiger partial charge in [-0.05, 0) is 43.9 Å². The Labute approximate surface area is 159 Å². The van der Waals surface area contributed by atoms with Gasteiger partial charge >= 0.3 is 6.18 Å². The summed E-state index contributed by atoms with van der Waals surface area (Å²) in [5.41, 5.74) is 5.17. The zero-order chi connectivity index (χ0) is 20.7. The van der Waals surface area contributed by atoms with E-state index in [1.165, 1.54) is 6.20 Å². The third-order valence-corrected chi connectivity index (χ3v) is 6.20. The summed E-state index contributed by atoms with van der Waals surface area (Å²) in [5, 5.41) is 9.85. The number of hydrogen-bond acceptors (Lipinski definition) is 6. The predicted molar refractivity (Wildman–Crippen MR) is 95.6 cm³/mol. The Morgan fingerprint density at radius 3 is 2.57 bits per heavy atom. The number of aliphatic hydroxyl groups is 1. The second kappa shape index (κ2) is 7.30. The van der Waals surface area contributed by atoms with Crippen molar-refractivity contribution < 1.29 is 26.7 Å². The van der Waals surface area contributed by atoms with Crippen molar-refractivity contribution in [3.8, 4) is 11.1 Å². The second-order valence-electron chi connectivity index (χ2n) is 6.66. The molecule has 28 heavy (non-hydrogen) atoms. The van der Waals surface area contributed by atoms with E-state index in [0.717, 1.165) is 12.1 Å². The quantitative estimate of drug-likeness (QED) is 0.704. The van der Waals surface area contributed by atoms with Crippen LogP contribution in [0.25, 0.3) is 11.1 Å². The molecule has 2 atom stereocenters. The number of nitrogens with two attached hydrogens (primary N) is 1. The van der Waals surface area contributed by atoms with Crippen LogP contribution in [0, 0.1) is 6.92 Å². The minimum absolute atomic E-state index is 0.00195. The van der Waals surface area contributed by atoms with E-state index in [4.69, 9.17) is 5.73 Å². The van der Waals surface area contributed by atoms with E-state index in [1.807, 2.05) is 0 Å². The number of rotatable bonds is 4. The number of halogens is 3. The molecule has 3 rings (SSSR count). The molecule has 0 spiro atoms. The third-order valence-electron chi connectivity index (χ3n) is 4.67. The fraction of sp³-hybridized carbons (Fsp3) is 0.412. The van der Waals surface area contributed by atoms with Crippen molar-refractivity contribution >= 4 is 16.0 Å². The van der Waals surface area contributed by atoms with Gasteiger partial charge in [0, 0.05) is 17.8 Å². The number of nitrogen functional groups attached to an aromatic ring is 1. The van der Waals surface area contributed by atoms with Gasteiger partial charge in [-0.3, -0.25) is 0 Å². The van der Waals surface area contributed by atoms with Crippen LogP contribution in [0.4, 0.5) is 19.1 Å². The van der Waals surface area contributed by atoms with Gasteiger partial charge in [-0.15, -0.1) is 0 Å². The Balaban J connectivity index is 2.11. The predicted octanol–water partition coefficient (Wildman–Crippen LogP) is 2.24. The largest absolute Gasteiger partial charge is 0.417 e. The summed E-state index contributed by atoms with van der Waals surface area (Å²) >= 11 is 0. The van der Waals surface area contributed by atoms with Crippen molar-refractivity contribution in [3.05, 3.63) is 35.7 Å². The maximum absolute atomic E-state index is 13.5. The number of sulfonamides is 1. The topological polar surface area (TPSA) is 118 Å². The van der Waals surface area contributed by atoms with E-state index in [9.17, 15) is 26.7 Å². The van der Waals surface area contributed by atoms with E-state index >= 15 is 0 Å². The summed E-state index contributed by atoms with van der Waals surface area (Å²) in [6.07, 6.45) is -3.15. The molecule has 0 radical (unpaired) electrons. The van der Waals surface area contributed by atoms with Crippen molar-refractivity contribution in [1.82, 2.24) is 14.7 Å². The first-order valence-corrected chi connectivity index (χ1v) is 9.98. The van der Waals surface area contributed by atoms with Gasteiger partial charge in [0.05, 0.1) is 22.3 Å². The van der Waals surface area contributed by atoms with E-state index in [-0.39, 0.29) is 11.5 Å². The molecule has 2 aromatic rings. The molecule has 7 nitrogen and oxygen atoms in total. The number of benzene rings is 1. The highest BCUT2D eigenvalue weighted by Gasteiger charge is 2.39. The molecule has 1 aliphatic rings. The number of hydrogen-bond donors (Lipinski definition) is 3. The highest BCUT2D eigenvalue weighted by Crippen LogP contribution is 2.37. The SMILES string of the molecule is Cc1nc(N)ncc1-c1ccc(C(F)(F)F)c(S(=O)(=O)N[C@H]2CCC[C@H]2O)c1. The molecular formula is C17H19F3N4O3S. The smallest absolute Gasteiger partial charge is 0.391 e. The molecule has 1 aromatic carbocycles. The summed E-state index contributed by atoms with van der Waals surface area (Å²) < 4.78 is 68.1. The van der Waals surface area contributed by atoms with E-state index < -0.39 is 38.8 Å². The molecule has 152 valence electrons. The molecule has 1 saturated carbocycles. The number of aryl methyl sites for hydroxylation is 1. The lowest BCUT2D eigenvalue weighted by molar-refractivity contribution is -0.139. The zero-order valence-electron chi connectivity index (χ0n) is 14.9. The van der Waals surface area contributed by atoms with E-state index in [0.29, 0.717) is 36.6 Å². The molecule has 0 unspecified atom stereocenters. The fourth-order valence-electron chi connectivity index (χ4n) is 3.26. The van der Waals surface area contributed by atoms with Crippen molar-refractivity contribution in [1.29, 1.82) is 0 Å². The number of aliphatic hydroxyl groups excluding tert-OH is 1. The monoisotopic (exact) mass is 416 g/mol. The van der Waals surface area contributed by atoms with E-state index in [2.05, 4.69) is 14.7 Å². The van der Waals surface area contributed by atoms with Gasteiger partial charge in [-0.1, -0.05) is 6.07 Å². The highest BCUT2D eigenvalue weighted by atomic mass is 32.2. The first-order chi connectivity index (χ1) is 13.0. The molecular weight excluding hydrogens is 397 g/mol. The Hall–Kier alpha value is -2.24. The third kappa shape index (κ3) is 4.10. The van der Waals surface area contributed by atoms with Gasteiger partial charge < -0.3 is 10.8 Å². The lowest BCUT2D eigenvalue weighted by atomic mass is 10.0. The molecule has 1 aromatic heterocycles. The van der Waals surface area contributed by atoms with Crippen LogP contribution < -0.4 is 10.5 Å². The summed E-state index contributed by atoms with van der Waals surface area (Å²) in [7, 11) is -4.54. The highest BCUT2D eigenvalue weighted by molar-refractivity contribution is 7.89. The Kier molecular flexibility index (Phi) is 5.34. The van der Waals surface area contributed by atoms with E-state index in [1.54, 1.807) is 6.92 Å². The van der Waals surface area contributed by atoms with Gasteiger partial charge in [-0.2, -0.15) is 13.2 Å². The number of nitrogens with one attached hydrogen (secondary N) is 1. The van der Waals surface area contributed by atoms with Gasteiger partial charge in [0.25, 0.3) is 0 Å². The lowest BCUT2D eigenvalue weighted by Crippen LogP contribution is -2.40. The summed E-state index contributed by atoms with van der Waals surface area (Å²) in [4.78, 5) is 6.86. The standard InChI is InChI=1S/C17H19F3N4O3S/c1-9-11(8-22-16(21)23-9)10-5-6-12(17(18,19)20)15(7-10)28(26,27)24-13-3-2-4-14(13)25/h5-8,13-14,24-25H,2-4H2,1H3,(H2,21,22,23)/t13-,14+/m0/s1. The summed E-state index contributed by atoms with van der Waals surface area (Å²) in [6, 6.07) is 1.99. The average Bonchev–Trinajstić information content (AvgIpc) is 2.98. The van der Waals surface area contributed by atoms with Crippen LogP contribution >= 0.6 is 0 Å². The van der Waals surface area contributed by atoms with Crippen LogP contribution in [0.2, 0.25) is 0 Å². The maximum atomic E-state index is 13.5. The molecule has 0 aliphatic heterocycles. The number of alkyl halides is 3. The maximum Gasteiger partial charge on any atom is 0.417 e. The number of nitrogens with zero attached hydrogens (tertiary/aromatic N) is 2. The van der Waals surface area contributed by atoms with Gasteiger partial charge in [0.1, 0.15) is 0 Å². The Morgan fingerprint density at radius 1 is 1.29 bits per heavy atom.